The van der Waals surface area contributed by atoms with Gasteiger partial charge in [-0.15, -0.1) is 0 Å². The van der Waals surface area contributed by atoms with Crippen LogP contribution in [0.4, 0.5) is 8.78 Å². The molecular weight excluding hydrogens is 344 g/mol. The zero-order chi connectivity index (χ0) is 19.3. The van der Waals surface area contributed by atoms with Crippen molar-refractivity contribution in [3.05, 3.63) is 59.1 Å². The van der Waals surface area contributed by atoms with Gasteiger partial charge < -0.3 is 14.3 Å². The summed E-state index contributed by atoms with van der Waals surface area (Å²) in [5.74, 6) is -0.468. The highest BCUT2D eigenvalue weighted by atomic mass is 19.3. The second-order valence-corrected chi connectivity index (χ2v) is 5.13. The average molecular weight is 363 g/mol. The number of furan rings is 1. The molecule has 3 aromatic rings. The summed E-state index contributed by atoms with van der Waals surface area (Å²) < 4.78 is 36.8. The molecule has 0 unspecified atom stereocenters. The number of fused-ring (bicyclic) bond motifs is 1. The van der Waals surface area contributed by atoms with Crippen LogP contribution in [0.1, 0.15) is 47.6 Å². The maximum absolute atomic E-state index is 12.9. The Bertz CT molecular complexity index is 906. The Balaban J connectivity index is 0.00000117. The van der Waals surface area contributed by atoms with Gasteiger partial charge in [-0.2, -0.15) is 0 Å². The number of rotatable bonds is 5. The third kappa shape index (κ3) is 3.99. The van der Waals surface area contributed by atoms with Crippen molar-refractivity contribution in [1.82, 2.24) is 4.98 Å². The van der Waals surface area contributed by atoms with Crippen molar-refractivity contribution in [2.45, 2.75) is 33.8 Å². The first kappa shape index (κ1) is 19.4. The molecule has 0 radical (unpaired) electrons. The molecule has 0 saturated carbocycles. The summed E-state index contributed by atoms with van der Waals surface area (Å²) in [7, 11) is 0. The van der Waals surface area contributed by atoms with E-state index in [0.29, 0.717) is 22.5 Å². The van der Waals surface area contributed by atoms with Crippen molar-refractivity contribution in [2.75, 3.05) is 0 Å². The quantitative estimate of drug-likeness (QED) is 0.659. The number of benzene rings is 1. The van der Waals surface area contributed by atoms with Crippen LogP contribution in [-0.2, 0) is 6.61 Å². The molecule has 26 heavy (non-hydrogen) atoms. The first-order valence-corrected chi connectivity index (χ1v) is 8.08. The van der Waals surface area contributed by atoms with Crippen LogP contribution in [-0.4, -0.2) is 16.1 Å². The molecule has 0 saturated heterocycles. The number of hydrogen-bond acceptors (Lipinski definition) is 4. The Morgan fingerprint density at radius 2 is 2.04 bits per heavy atom. The summed E-state index contributed by atoms with van der Waals surface area (Å²) in [6.07, 6.45) is -1.23. The normalized spacial score (nSPS) is 10.5. The average Bonchev–Trinajstić information content (AvgIpc) is 2.97. The summed E-state index contributed by atoms with van der Waals surface area (Å²) in [6, 6.07) is 7.41. The number of aromatic nitrogens is 1. The van der Waals surface area contributed by atoms with Gasteiger partial charge in [0, 0.05) is 17.1 Å². The van der Waals surface area contributed by atoms with Crippen molar-refractivity contribution >= 4 is 16.9 Å². The summed E-state index contributed by atoms with van der Waals surface area (Å²) in [6.45, 7) is 5.41. The lowest BCUT2D eigenvalue weighted by molar-refractivity contribution is 0.0697. The number of carboxylic acids is 1. The number of carboxylic acid groups (broad SMARTS) is 1. The summed E-state index contributed by atoms with van der Waals surface area (Å²) >= 11 is 0. The van der Waals surface area contributed by atoms with E-state index in [9.17, 15) is 18.7 Å². The van der Waals surface area contributed by atoms with Crippen LogP contribution in [0.3, 0.4) is 0 Å². The molecule has 1 aromatic carbocycles. The van der Waals surface area contributed by atoms with Gasteiger partial charge in [0.2, 0.25) is 0 Å². The zero-order valence-corrected chi connectivity index (χ0v) is 14.6. The molecule has 0 aliphatic heterocycles. The number of aryl methyl sites for hydroxylation is 1. The lowest BCUT2D eigenvalue weighted by Gasteiger charge is -2.09. The molecule has 3 rings (SSSR count). The maximum atomic E-state index is 12.9. The molecule has 2 heterocycles. The highest BCUT2D eigenvalue weighted by Gasteiger charge is 2.18. The summed E-state index contributed by atoms with van der Waals surface area (Å²) in [4.78, 5) is 15.2. The van der Waals surface area contributed by atoms with Gasteiger partial charge in [0.15, 0.2) is 0 Å². The van der Waals surface area contributed by atoms with Crippen molar-refractivity contribution in [1.29, 1.82) is 0 Å². The van der Waals surface area contributed by atoms with E-state index in [1.165, 1.54) is 24.4 Å². The molecule has 5 nitrogen and oxygen atoms in total. The van der Waals surface area contributed by atoms with Gasteiger partial charge in [0.25, 0.3) is 6.43 Å². The van der Waals surface area contributed by atoms with Gasteiger partial charge >= 0.3 is 5.97 Å². The third-order valence-corrected chi connectivity index (χ3v) is 3.59. The number of halogens is 2. The van der Waals surface area contributed by atoms with Crippen LogP contribution in [0.25, 0.3) is 11.0 Å². The Morgan fingerprint density at radius 3 is 2.69 bits per heavy atom. The molecule has 2 aromatic heterocycles. The Kier molecular flexibility index (Phi) is 6.27. The lowest BCUT2D eigenvalue weighted by atomic mass is 10.1. The summed E-state index contributed by atoms with van der Waals surface area (Å²) in [5.41, 5.74) is 0.420. The second kappa shape index (κ2) is 8.42. The van der Waals surface area contributed by atoms with Crippen molar-refractivity contribution in [2.24, 2.45) is 0 Å². The van der Waals surface area contributed by atoms with Gasteiger partial charge in [0.05, 0.1) is 5.69 Å². The monoisotopic (exact) mass is 363 g/mol. The van der Waals surface area contributed by atoms with Crippen LogP contribution in [0.5, 0.6) is 5.75 Å². The first-order valence-electron chi connectivity index (χ1n) is 8.08. The van der Waals surface area contributed by atoms with E-state index in [0.717, 1.165) is 0 Å². The van der Waals surface area contributed by atoms with E-state index in [1.807, 2.05) is 13.8 Å². The maximum Gasteiger partial charge on any atom is 0.339 e. The van der Waals surface area contributed by atoms with E-state index in [-0.39, 0.29) is 23.4 Å². The second-order valence-electron chi connectivity index (χ2n) is 5.13. The molecule has 138 valence electrons. The van der Waals surface area contributed by atoms with Crippen LogP contribution in [0.15, 0.2) is 40.9 Å². The molecule has 7 heteroatoms. The number of hydrogen-bond donors (Lipinski definition) is 1. The predicted octanol–water partition coefficient (Wildman–Crippen LogP) is 5.38. The third-order valence-electron chi connectivity index (χ3n) is 3.59. The molecule has 0 bridgehead atoms. The van der Waals surface area contributed by atoms with Gasteiger partial charge in [-0.1, -0.05) is 13.8 Å². The number of ether oxygens (including phenoxy) is 1. The highest BCUT2D eigenvalue weighted by Crippen LogP contribution is 2.30. The minimum absolute atomic E-state index is 0.0570. The summed E-state index contributed by atoms with van der Waals surface area (Å²) in [5, 5.41) is 9.65. The van der Waals surface area contributed by atoms with E-state index >= 15 is 0 Å². The number of nitrogens with zero attached hydrogens (tertiary/aromatic N) is 1. The topological polar surface area (TPSA) is 72.6 Å². The number of carbonyl (C=O) groups is 1. The Morgan fingerprint density at radius 1 is 1.31 bits per heavy atom. The van der Waals surface area contributed by atoms with Crippen molar-refractivity contribution < 1.29 is 27.8 Å². The minimum Gasteiger partial charge on any atom is -0.487 e. The van der Waals surface area contributed by atoms with Crippen molar-refractivity contribution in [3.8, 4) is 5.75 Å². The van der Waals surface area contributed by atoms with Crippen LogP contribution in [0, 0.1) is 6.92 Å². The van der Waals surface area contributed by atoms with Gasteiger partial charge in [-0.05, 0) is 37.3 Å². The van der Waals surface area contributed by atoms with E-state index in [2.05, 4.69) is 4.98 Å². The standard InChI is InChI=1S/C17H13F2NO4.C2H6/c1-9-15(17(21)22)12-7-10(4-5-14(12)24-9)23-8-13-11(16(18)19)3-2-6-20-13;1-2/h2-7,16H,8H2,1H3,(H,21,22);1-2H3. The first-order chi connectivity index (χ1) is 12.5. The molecule has 1 N–H and O–H groups in total. The number of alkyl halides is 2. The largest absolute Gasteiger partial charge is 0.487 e. The fourth-order valence-electron chi connectivity index (χ4n) is 2.48. The minimum atomic E-state index is -2.64. The molecule has 0 atom stereocenters. The van der Waals surface area contributed by atoms with E-state index < -0.39 is 12.4 Å². The van der Waals surface area contributed by atoms with Gasteiger partial charge in [0.1, 0.15) is 29.3 Å². The molecular formula is C19H19F2NO4. The van der Waals surface area contributed by atoms with Crippen LogP contribution >= 0.6 is 0 Å². The molecule has 0 amide bonds. The van der Waals surface area contributed by atoms with Gasteiger partial charge in [-0.3, -0.25) is 4.98 Å². The van der Waals surface area contributed by atoms with Crippen LogP contribution < -0.4 is 4.74 Å². The Hall–Kier alpha value is -2.96. The van der Waals surface area contributed by atoms with E-state index in [1.54, 1.807) is 19.1 Å². The molecule has 0 spiro atoms. The lowest BCUT2D eigenvalue weighted by Crippen LogP contribution is -2.03. The van der Waals surface area contributed by atoms with E-state index in [4.69, 9.17) is 9.15 Å². The predicted molar refractivity (Wildman–Crippen MR) is 92.8 cm³/mol. The fraction of sp³-hybridized carbons (Fsp3) is 0.263. The molecule has 0 fully saturated rings. The Labute approximate surface area is 149 Å². The number of pyridine rings is 1. The zero-order valence-electron chi connectivity index (χ0n) is 14.6. The molecule has 0 aliphatic rings. The smallest absolute Gasteiger partial charge is 0.339 e. The fourth-order valence-corrected chi connectivity index (χ4v) is 2.48. The SMILES string of the molecule is CC.Cc1oc2ccc(OCc3ncccc3C(F)F)cc2c1C(=O)O. The van der Waals surface area contributed by atoms with Crippen molar-refractivity contribution in [3.63, 3.8) is 0 Å². The molecule has 0 aliphatic carbocycles. The van der Waals surface area contributed by atoms with Crippen LogP contribution in [0.2, 0.25) is 0 Å². The number of aromatic carboxylic acids is 1. The highest BCUT2D eigenvalue weighted by molar-refractivity contribution is 6.03. The van der Waals surface area contributed by atoms with Gasteiger partial charge in [-0.25, -0.2) is 13.6 Å².